The quantitative estimate of drug-likeness (QED) is 0.778. The Morgan fingerprint density at radius 3 is 2.96 bits per heavy atom. The summed E-state index contributed by atoms with van der Waals surface area (Å²) in [4.78, 5) is 19.8. The number of amides is 1. The van der Waals surface area contributed by atoms with Crippen LogP contribution >= 0.6 is 0 Å². The van der Waals surface area contributed by atoms with Crippen LogP contribution in [-0.2, 0) is 11.3 Å². The molecule has 2 aliphatic heterocycles. The zero-order valence-corrected chi connectivity index (χ0v) is 13.7. The van der Waals surface area contributed by atoms with E-state index in [1.165, 1.54) is 11.1 Å². The standard InChI is InChI=1S/C20H22N2O/c1-4-12(2)16-10-18-19-15(11-22(18)20(23)13(16)3)9-14-7-5-6-8-17(14)21-19/h5-9,13,16,18H,2,4,10-11H2,1,3H3. The molecule has 0 radical (unpaired) electrons. The number of fused-ring (bicyclic) bond motifs is 4. The van der Waals surface area contributed by atoms with E-state index in [4.69, 9.17) is 4.98 Å². The largest absolute Gasteiger partial charge is 0.329 e. The molecule has 0 saturated carbocycles. The molecule has 1 saturated heterocycles. The van der Waals surface area contributed by atoms with E-state index in [0.717, 1.165) is 29.4 Å². The number of aromatic nitrogens is 1. The van der Waals surface area contributed by atoms with E-state index in [0.29, 0.717) is 6.54 Å². The van der Waals surface area contributed by atoms with Crippen molar-refractivity contribution < 1.29 is 4.79 Å². The Balaban J connectivity index is 1.78. The first kappa shape index (κ1) is 14.4. The molecule has 1 fully saturated rings. The maximum absolute atomic E-state index is 12.9. The van der Waals surface area contributed by atoms with Crippen LogP contribution in [0.3, 0.4) is 0 Å². The van der Waals surface area contributed by atoms with Crippen LogP contribution in [0.2, 0.25) is 0 Å². The highest BCUT2D eigenvalue weighted by atomic mass is 16.2. The normalized spacial score (nSPS) is 26.3. The van der Waals surface area contributed by atoms with E-state index < -0.39 is 0 Å². The average molecular weight is 306 g/mol. The highest BCUT2D eigenvalue weighted by molar-refractivity contribution is 5.83. The molecule has 118 valence electrons. The van der Waals surface area contributed by atoms with Crippen molar-refractivity contribution in [2.75, 3.05) is 0 Å². The summed E-state index contributed by atoms with van der Waals surface area (Å²) in [6.45, 7) is 9.09. The van der Waals surface area contributed by atoms with Crippen molar-refractivity contribution >= 4 is 16.8 Å². The molecule has 3 heteroatoms. The van der Waals surface area contributed by atoms with Gasteiger partial charge in [0.25, 0.3) is 0 Å². The second-order valence-corrected chi connectivity index (χ2v) is 6.85. The summed E-state index contributed by atoms with van der Waals surface area (Å²) in [5, 5.41) is 1.15. The third-order valence-corrected chi connectivity index (χ3v) is 5.60. The molecule has 2 aliphatic rings. The number of allylic oxidation sites excluding steroid dienone is 1. The topological polar surface area (TPSA) is 33.2 Å². The molecule has 4 rings (SSSR count). The molecule has 2 aromatic rings. The maximum atomic E-state index is 12.9. The van der Waals surface area contributed by atoms with Crippen molar-refractivity contribution in [3.63, 3.8) is 0 Å². The summed E-state index contributed by atoms with van der Waals surface area (Å²) < 4.78 is 0. The van der Waals surface area contributed by atoms with Crippen molar-refractivity contribution in [3.8, 4) is 0 Å². The second kappa shape index (κ2) is 5.19. The minimum Gasteiger partial charge on any atom is -0.329 e. The number of carbonyl (C=O) groups is 1. The fourth-order valence-corrected chi connectivity index (χ4v) is 4.16. The Bertz CT molecular complexity index is 810. The SMILES string of the molecule is C=C(CC)C1CC2c3nc4ccccc4cc3CN2C(=O)C1C. The van der Waals surface area contributed by atoms with Crippen LogP contribution in [0.5, 0.6) is 0 Å². The van der Waals surface area contributed by atoms with Gasteiger partial charge in [-0.2, -0.15) is 0 Å². The Morgan fingerprint density at radius 2 is 2.17 bits per heavy atom. The van der Waals surface area contributed by atoms with E-state index in [-0.39, 0.29) is 23.8 Å². The van der Waals surface area contributed by atoms with Crippen molar-refractivity contribution in [3.05, 3.63) is 53.7 Å². The lowest BCUT2D eigenvalue weighted by Crippen LogP contribution is -2.43. The molecule has 1 aromatic carbocycles. The summed E-state index contributed by atoms with van der Waals surface area (Å²) in [6.07, 6.45) is 1.89. The molecule has 1 aromatic heterocycles. The molecule has 23 heavy (non-hydrogen) atoms. The fourth-order valence-electron chi connectivity index (χ4n) is 4.16. The summed E-state index contributed by atoms with van der Waals surface area (Å²) in [7, 11) is 0. The van der Waals surface area contributed by atoms with E-state index in [9.17, 15) is 4.79 Å². The van der Waals surface area contributed by atoms with Crippen LogP contribution in [0.1, 0.15) is 44.0 Å². The van der Waals surface area contributed by atoms with Crippen LogP contribution in [0, 0.1) is 11.8 Å². The molecule has 0 bridgehead atoms. The Hall–Kier alpha value is -2.16. The fraction of sp³-hybridized carbons (Fsp3) is 0.400. The van der Waals surface area contributed by atoms with Gasteiger partial charge in [0.2, 0.25) is 5.91 Å². The number of hydrogen-bond donors (Lipinski definition) is 0. The molecule has 0 spiro atoms. The second-order valence-electron chi connectivity index (χ2n) is 6.85. The number of carbonyl (C=O) groups excluding carboxylic acids is 1. The molecule has 3 heterocycles. The number of nitrogens with zero attached hydrogens (tertiary/aromatic N) is 2. The summed E-state index contributed by atoms with van der Waals surface area (Å²) >= 11 is 0. The predicted octanol–water partition coefficient (Wildman–Crippen LogP) is 4.24. The van der Waals surface area contributed by atoms with Crippen molar-refractivity contribution in [1.82, 2.24) is 9.88 Å². The first-order valence-corrected chi connectivity index (χ1v) is 8.47. The van der Waals surface area contributed by atoms with Gasteiger partial charge in [-0.3, -0.25) is 9.78 Å². The molecule has 3 unspecified atom stereocenters. The lowest BCUT2D eigenvalue weighted by atomic mass is 9.77. The van der Waals surface area contributed by atoms with Crippen molar-refractivity contribution in [1.29, 1.82) is 0 Å². The molecule has 1 amide bonds. The average Bonchev–Trinajstić information content (AvgIpc) is 2.93. The minimum absolute atomic E-state index is 0.0300. The Kier molecular flexibility index (Phi) is 3.26. The molecule has 3 atom stereocenters. The van der Waals surface area contributed by atoms with E-state index in [1.807, 2.05) is 23.1 Å². The highest BCUT2D eigenvalue weighted by Crippen LogP contribution is 2.46. The van der Waals surface area contributed by atoms with Crippen molar-refractivity contribution in [2.24, 2.45) is 11.8 Å². The first-order chi connectivity index (χ1) is 11.1. The third-order valence-electron chi connectivity index (χ3n) is 5.60. The molecular weight excluding hydrogens is 284 g/mol. The number of hydrogen-bond acceptors (Lipinski definition) is 2. The first-order valence-electron chi connectivity index (χ1n) is 8.47. The van der Waals surface area contributed by atoms with Crippen LogP contribution < -0.4 is 0 Å². The smallest absolute Gasteiger partial charge is 0.226 e. The zero-order valence-electron chi connectivity index (χ0n) is 13.7. The van der Waals surface area contributed by atoms with Gasteiger partial charge in [0, 0.05) is 17.8 Å². The summed E-state index contributed by atoms with van der Waals surface area (Å²) in [5.41, 5.74) is 4.51. The molecule has 0 aliphatic carbocycles. The number of rotatable bonds is 2. The van der Waals surface area contributed by atoms with E-state index in [2.05, 4.69) is 32.6 Å². The molecule has 3 nitrogen and oxygen atoms in total. The third kappa shape index (κ3) is 2.10. The van der Waals surface area contributed by atoms with Crippen LogP contribution in [-0.4, -0.2) is 15.8 Å². The zero-order chi connectivity index (χ0) is 16.1. The molecule has 0 N–H and O–H groups in total. The monoisotopic (exact) mass is 306 g/mol. The maximum Gasteiger partial charge on any atom is 0.226 e. The van der Waals surface area contributed by atoms with Gasteiger partial charge in [0.15, 0.2) is 0 Å². The number of pyridine rings is 1. The van der Waals surface area contributed by atoms with Gasteiger partial charge in [-0.15, -0.1) is 0 Å². The van der Waals surface area contributed by atoms with Crippen LogP contribution in [0.25, 0.3) is 10.9 Å². The minimum atomic E-state index is 0.0300. The lowest BCUT2D eigenvalue weighted by molar-refractivity contribution is -0.143. The summed E-state index contributed by atoms with van der Waals surface area (Å²) in [5.74, 6) is 0.554. The van der Waals surface area contributed by atoms with Gasteiger partial charge < -0.3 is 4.90 Å². The summed E-state index contributed by atoms with van der Waals surface area (Å²) in [6, 6.07) is 10.5. The van der Waals surface area contributed by atoms with Crippen LogP contribution in [0.4, 0.5) is 0 Å². The van der Waals surface area contributed by atoms with Crippen LogP contribution in [0.15, 0.2) is 42.5 Å². The van der Waals surface area contributed by atoms with E-state index in [1.54, 1.807) is 0 Å². The molecular formula is C20H22N2O. The number of piperidine rings is 1. The Labute approximate surface area is 137 Å². The highest BCUT2D eigenvalue weighted by Gasteiger charge is 2.45. The van der Waals surface area contributed by atoms with Gasteiger partial charge >= 0.3 is 0 Å². The lowest BCUT2D eigenvalue weighted by Gasteiger charge is -2.39. The van der Waals surface area contributed by atoms with Gasteiger partial charge in [-0.25, -0.2) is 0 Å². The van der Waals surface area contributed by atoms with E-state index >= 15 is 0 Å². The van der Waals surface area contributed by atoms with Gasteiger partial charge in [-0.05, 0) is 36.5 Å². The van der Waals surface area contributed by atoms with Gasteiger partial charge in [0.05, 0.1) is 17.3 Å². The number of para-hydroxylation sites is 1. The van der Waals surface area contributed by atoms with Crippen molar-refractivity contribution in [2.45, 2.75) is 39.3 Å². The Morgan fingerprint density at radius 1 is 1.39 bits per heavy atom. The predicted molar refractivity (Wildman–Crippen MR) is 91.7 cm³/mol. The van der Waals surface area contributed by atoms with Gasteiger partial charge in [0.1, 0.15) is 0 Å². The van der Waals surface area contributed by atoms with Gasteiger partial charge in [-0.1, -0.05) is 44.2 Å². The number of benzene rings is 1.